The van der Waals surface area contributed by atoms with Crippen LogP contribution in [-0.2, 0) is 12.7 Å². The number of alkyl halides is 3. The zero-order chi connectivity index (χ0) is 32.7. The molecule has 3 saturated heterocycles. The predicted octanol–water partition coefficient (Wildman–Crippen LogP) is 4.05. The average Bonchev–Trinajstić information content (AvgIpc) is 3.54. The minimum absolute atomic E-state index is 0.0282. The van der Waals surface area contributed by atoms with Gasteiger partial charge >= 0.3 is 12.2 Å². The van der Waals surface area contributed by atoms with Gasteiger partial charge in [-0.15, -0.1) is 11.3 Å². The summed E-state index contributed by atoms with van der Waals surface area (Å²) in [5.74, 6) is -0.311. The first-order valence-corrected chi connectivity index (χ1v) is 15.7. The molecule has 2 bridgehead atoms. The first-order chi connectivity index (χ1) is 21.9. The fourth-order valence-electron chi connectivity index (χ4n) is 6.01. The van der Waals surface area contributed by atoms with Crippen molar-refractivity contribution in [3.05, 3.63) is 63.5 Å². The largest absolute Gasteiger partial charge is 0.434 e. The molecule has 3 aromatic heterocycles. The molecule has 3 aliphatic heterocycles. The number of anilines is 1. The van der Waals surface area contributed by atoms with E-state index in [9.17, 15) is 27.6 Å². The highest BCUT2D eigenvalue weighted by atomic mass is 32.1. The van der Waals surface area contributed by atoms with E-state index in [0.717, 1.165) is 49.4 Å². The van der Waals surface area contributed by atoms with E-state index in [1.165, 1.54) is 17.2 Å². The lowest BCUT2D eigenvalue weighted by Gasteiger charge is -2.47. The van der Waals surface area contributed by atoms with Crippen molar-refractivity contribution in [3.8, 4) is 21.7 Å². The molecular weight excluding hydrogens is 621 g/mol. The second kappa shape index (κ2) is 12.5. The lowest BCUT2D eigenvalue weighted by molar-refractivity contribution is -0.140. The lowest BCUT2D eigenvalue weighted by Crippen LogP contribution is -2.61. The van der Waals surface area contributed by atoms with Gasteiger partial charge in [0.2, 0.25) is 5.43 Å². The molecule has 0 aliphatic carbocycles. The molecule has 0 radical (unpaired) electrons. The Morgan fingerprint density at radius 2 is 1.87 bits per heavy atom. The van der Waals surface area contributed by atoms with Crippen LogP contribution in [0.1, 0.15) is 23.0 Å². The third kappa shape index (κ3) is 6.22. The molecule has 2 N–H and O–H groups in total. The van der Waals surface area contributed by atoms with Gasteiger partial charge in [-0.1, -0.05) is 6.07 Å². The molecule has 11 nitrogen and oxygen atoms in total. The highest BCUT2D eigenvalue weighted by molar-refractivity contribution is 7.13. The maximum absolute atomic E-state index is 13.9. The zero-order valence-electron chi connectivity index (χ0n) is 25.5. The van der Waals surface area contributed by atoms with Gasteiger partial charge in [-0.25, -0.2) is 14.8 Å². The van der Waals surface area contributed by atoms with E-state index in [0.29, 0.717) is 40.7 Å². The molecule has 7 rings (SSSR count). The molecule has 46 heavy (non-hydrogen) atoms. The molecule has 242 valence electrons. The monoisotopic (exact) mass is 654 g/mol. The molecule has 1 aromatic carbocycles. The van der Waals surface area contributed by atoms with Crippen molar-refractivity contribution < 1.29 is 22.8 Å². The molecular formula is C31H33F3N8O3S. The summed E-state index contributed by atoms with van der Waals surface area (Å²) in [4.78, 5) is 53.6. The van der Waals surface area contributed by atoms with Crippen LogP contribution in [0.3, 0.4) is 0 Å². The summed E-state index contributed by atoms with van der Waals surface area (Å²) in [5.41, 5.74) is 0.379. The average molecular weight is 655 g/mol. The number of nitrogens with one attached hydrogen (secondary N) is 2. The minimum atomic E-state index is -4.64. The van der Waals surface area contributed by atoms with Crippen molar-refractivity contribution in [2.45, 2.75) is 25.7 Å². The maximum atomic E-state index is 13.9. The van der Waals surface area contributed by atoms with Crippen LogP contribution in [0.15, 0.2) is 46.8 Å². The molecule has 3 amide bonds. The number of urea groups is 1. The topological polar surface area (TPSA) is 116 Å². The molecule has 4 aromatic rings. The molecule has 1 atom stereocenters. The van der Waals surface area contributed by atoms with Gasteiger partial charge in [-0.05, 0) is 30.7 Å². The third-order valence-corrected chi connectivity index (χ3v) is 9.21. The van der Waals surface area contributed by atoms with Crippen molar-refractivity contribution >= 4 is 40.0 Å². The van der Waals surface area contributed by atoms with Gasteiger partial charge in [0.1, 0.15) is 16.4 Å². The van der Waals surface area contributed by atoms with Crippen LogP contribution >= 0.6 is 11.3 Å². The fraction of sp³-hybridized carbons (Fsp3) is 0.387. The molecule has 0 saturated carbocycles. The predicted molar refractivity (Wildman–Crippen MR) is 170 cm³/mol. The smallest absolute Gasteiger partial charge is 0.345 e. The summed E-state index contributed by atoms with van der Waals surface area (Å²) in [6.45, 7) is 7.54. The summed E-state index contributed by atoms with van der Waals surface area (Å²) >= 11 is 0.808. The molecule has 1 unspecified atom stereocenters. The Kier molecular flexibility index (Phi) is 8.56. The standard InChI is InChI=1S/C31H33F3N8O3S/c1-4-35-30(45)38-26-12-20(28-37-25(17-46-28)31(32,33)34)22(13-36-26)18-5-6-24-21(11-18)27(43)23(29(44)39(2)3)16-42(24)15-19-14-40-7-9-41(19)10-8-40/h5-6,11-13,16-17,19H,4,7-10,14-15H2,1-3H3,(H2,35,36,38,45). The van der Waals surface area contributed by atoms with Crippen molar-refractivity contribution in [2.75, 3.05) is 58.7 Å². The molecule has 6 heterocycles. The Labute approximate surface area is 266 Å². The third-order valence-electron chi connectivity index (χ3n) is 8.34. The normalized spacial score (nSPS) is 19.3. The zero-order valence-corrected chi connectivity index (χ0v) is 26.3. The second-order valence-corrected chi connectivity index (χ2v) is 12.4. The van der Waals surface area contributed by atoms with E-state index in [2.05, 4.69) is 30.4 Å². The van der Waals surface area contributed by atoms with Gasteiger partial charge in [-0.2, -0.15) is 13.2 Å². The van der Waals surface area contributed by atoms with Crippen LogP contribution in [-0.4, -0.2) is 101 Å². The number of piperazine rings is 3. The summed E-state index contributed by atoms with van der Waals surface area (Å²) < 4.78 is 42.5. The Morgan fingerprint density at radius 3 is 2.50 bits per heavy atom. The Bertz CT molecular complexity index is 1860. The number of amides is 3. The first kappa shape index (κ1) is 31.6. The van der Waals surface area contributed by atoms with Crippen LogP contribution in [0, 0.1) is 0 Å². The SMILES string of the molecule is CCNC(=O)Nc1cc(-c2nc(C(F)(F)F)cs2)c(-c2ccc3c(c2)c(=O)c(C(=O)N(C)C)cn3CC2CN3CCN2CC3)cn1. The number of pyridine rings is 2. The maximum Gasteiger partial charge on any atom is 0.434 e. The van der Waals surface area contributed by atoms with E-state index in [4.69, 9.17) is 0 Å². The highest BCUT2D eigenvalue weighted by Gasteiger charge is 2.35. The molecule has 3 aliphatic rings. The van der Waals surface area contributed by atoms with E-state index in [-0.39, 0.29) is 22.4 Å². The van der Waals surface area contributed by atoms with Gasteiger partial charge in [0.05, 0.1) is 5.52 Å². The van der Waals surface area contributed by atoms with Gasteiger partial charge in [-0.3, -0.25) is 24.7 Å². The number of benzene rings is 1. The Balaban J connectivity index is 1.48. The number of hydrogen-bond donors (Lipinski definition) is 2. The molecule has 15 heteroatoms. The van der Waals surface area contributed by atoms with E-state index >= 15 is 0 Å². The summed E-state index contributed by atoms with van der Waals surface area (Å²) in [7, 11) is 3.17. The van der Waals surface area contributed by atoms with E-state index in [1.54, 1.807) is 45.4 Å². The summed E-state index contributed by atoms with van der Waals surface area (Å²) in [6.07, 6.45) is -1.58. The van der Waals surface area contributed by atoms with Crippen LogP contribution in [0.25, 0.3) is 32.6 Å². The van der Waals surface area contributed by atoms with Gasteiger partial charge < -0.3 is 14.8 Å². The van der Waals surface area contributed by atoms with Crippen LogP contribution in [0.2, 0.25) is 0 Å². The number of aromatic nitrogens is 3. The van der Waals surface area contributed by atoms with Crippen LogP contribution < -0.4 is 16.1 Å². The van der Waals surface area contributed by atoms with Gasteiger partial charge in [0.15, 0.2) is 5.69 Å². The molecule has 0 spiro atoms. The number of carbonyl (C=O) groups excluding carboxylic acids is 2. The van der Waals surface area contributed by atoms with Crippen molar-refractivity contribution in [3.63, 3.8) is 0 Å². The van der Waals surface area contributed by atoms with Crippen molar-refractivity contribution in [2.24, 2.45) is 0 Å². The Hall–Kier alpha value is -4.34. The van der Waals surface area contributed by atoms with Gasteiger partial charge in [0, 0.05) is 100 Å². The lowest BCUT2D eigenvalue weighted by atomic mass is 9.99. The number of thiazole rings is 1. The number of nitrogens with zero attached hydrogens (tertiary/aromatic N) is 6. The van der Waals surface area contributed by atoms with Crippen molar-refractivity contribution in [1.29, 1.82) is 0 Å². The van der Waals surface area contributed by atoms with Gasteiger partial charge in [0.25, 0.3) is 5.91 Å². The summed E-state index contributed by atoms with van der Waals surface area (Å²) in [6, 6.07) is 6.36. The number of carbonyl (C=O) groups is 2. The van der Waals surface area contributed by atoms with Crippen molar-refractivity contribution in [1.82, 2.24) is 34.6 Å². The first-order valence-electron chi connectivity index (χ1n) is 14.9. The molecule has 3 fully saturated rings. The van der Waals surface area contributed by atoms with Crippen LogP contribution in [0.5, 0.6) is 0 Å². The minimum Gasteiger partial charge on any atom is -0.345 e. The highest BCUT2D eigenvalue weighted by Crippen LogP contribution is 2.39. The quantitative estimate of drug-likeness (QED) is 0.309. The number of fused-ring (bicyclic) bond motifs is 4. The second-order valence-electron chi connectivity index (χ2n) is 11.6. The Morgan fingerprint density at radius 1 is 1.11 bits per heavy atom. The van der Waals surface area contributed by atoms with E-state index in [1.807, 2.05) is 4.57 Å². The van der Waals surface area contributed by atoms with Crippen LogP contribution in [0.4, 0.5) is 23.8 Å². The number of halogens is 3. The summed E-state index contributed by atoms with van der Waals surface area (Å²) in [5, 5.41) is 6.47. The number of hydrogen-bond acceptors (Lipinski definition) is 8. The fourth-order valence-corrected chi connectivity index (χ4v) is 6.87. The number of rotatable bonds is 7. The van der Waals surface area contributed by atoms with E-state index < -0.39 is 29.2 Å².